The second-order valence-corrected chi connectivity index (χ2v) is 30.6. The Morgan fingerprint density at radius 1 is 0.321 bits per heavy atom. The molecule has 8 aromatic rings. The molecule has 4 heterocycles. The molecule has 2 N–H and O–H groups in total. The number of aliphatic hydroxyl groups excluding tert-OH is 2. The molecule has 2 aliphatic heterocycles. The highest BCUT2D eigenvalue weighted by Crippen LogP contribution is 2.55. The molecule has 0 fully saturated rings. The third kappa shape index (κ3) is 8.65. The predicted molar refractivity (Wildman–Crippen MR) is 365 cm³/mol. The van der Waals surface area contributed by atoms with Crippen LogP contribution in [-0.4, -0.2) is 55.4 Å². The molecule has 12 rings (SSSR count). The van der Waals surface area contributed by atoms with Gasteiger partial charge < -0.3 is 10.2 Å². The molecule has 2 aliphatic carbocycles. The van der Waals surface area contributed by atoms with Crippen molar-refractivity contribution in [3.8, 4) is 0 Å². The van der Waals surface area contributed by atoms with Crippen LogP contribution < -0.4 is 9.80 Å². The fourth-order valence-corrected chi connectivity index (χ4v) is 20.1. The minimum Gasteiger partial charge on any atom is -0.506 e. The molecule has 6 aromatic carbocycles. The first-order chi connectivity index (χ1) is 38.2. The van der Waals surface area contributed by atoms with Crippen molar-refractivity contribution in [3.05, 3.63) is 187 Å². The molecule has 0 saturated carbocycles. The summed E-state index contributed by atoms with van der Waals surface area (Å²) in [5.74, 6) is -4.53. The van der Waals surface area contributed by atoms with Crippen LogP contribution in [0.5, 0.6) is 0 Å². The minimum atomic E-state index is -0.706. The SMILES string of the molecule is O=C1C(c2ccc3c(N4C(=O)c5c(Br)c(Br)c(Br)c(Br)c5C4=O)c(Cc4ccc5nc(C6=C(O)c7c(Br)c(Br)c(Br)c(Br)c7C6=O)ccc5c4N4C(=O)c5c(Br)c(Br)c(Br)c(Br)c5C4=O)ccc3n2)=C(O)c2c(Br)c(Br)c(Br)c(Br)c21. The number of amides is 4. The van der Waals surface area contributed by atoms with Crippen LogP contribution in [0.1, 0.15) is 95.8 Å². The Kier molecular flexibility index (Phi) is 16.0. The Hall–Kier alpha value is -1.48. The molecule has 81 heavy (non-hydrogen) atoms. The summed E-state index contributed by atoms with van der Waals surface area (Å²) < 4.78 is 6.82. The van der Waals surface area contributed by atoms with Gasteiger partial charge in [0.2, 0.25) is 11.6 Å². The van der Waals surface area contributed by atoms with Crippen molar-refractivity contribution >= 4 is 346 Å². The number of allylic oxidation sites excluding steroid dienone is 2. The lowest BCUT2D eigenvalue weighted by Crippen LogP contribution is -2.32. The van der Waals surface area contributed by atoms with E-state index in [1.54, 1.807) is 36.4 Å². The summed E-state index contributed by atoms with van der Waals surface area (Å²) in [5.41, 5.74) is 2.31. The molecule has 404 valence electrons. The Labute approximate surface area is 589 Å². The van der Waals surface area contributed by atoms with Crippen LogP contribution in [0.25, 0.3) is 44.5 Å². The van der Waals surface area contributed by atoms with E-state index >= 15 is 19.2 Å². The number of nitrogens with zero attached hydrogens (tertiary/aromatic N) is 4. The number of pyridine rings is 2. The van der Waals surface area contributed by atoms with E-state index in [2.05, 4.69) is 255 Å². The number of carbonyl (C=O) groups excluding carboxylic acids is 6. The number of aliphatic hydroxyl groups is 2. The van der Waals surface area contributed by atoms with Crippen LogP contribution in [0.4, 0.5) is 11.4 Å². The topological polar surface area (TPSA) is 175 Å². The summed E-state index contributed by atoms with van der Waals surface area (Å²) in [6, 6.07) is 12.8. The van der Waals surface area contributed by atoms with Gasteiger partial charge in [-0.15, -0.1) is 0 Å². The average Bonchev–Trinajstić information content (AvgIpc) is 3.93. The number of imide groups is 2. The summed E-state index contributed by atoms with van der Waals surface area (Å²) in [7, 11) is 0. The van der Waals surface area contributed by atoms with Gasteiger partial charge in [0, 0.05) is 99.9 Å². The van der Waals surface area contributed by atoms with Crippen molar-refractivity contribution in [2.45, 2.75) is 6.42 Å². The van der Waals surface area contributed by atoms with E-state index in [0.717, 1.165) is 9.80 Å². The minimum absolute atomic E-state index is 0.0464. The number of anilines is 2. The van der Waals surface area contributed by atoms with Crippen LogP contribution in [0.15, 0.2) is 120 Å². The van der Waals surface area contributed by atoms with Gasteiger partial charge in [0.25, 0.3) is 23.6 Å². The van der Waals surface area contributed by atoms with Crippen LogP contribution in [-0.2, 0) is 6.42 Å². The maximum absolute atomic E-state index is 15.1. The van der Waals surface area contributed by atoms with E-state index in [1.165, 1.54) is 12.1 Å². The van der Waals surface area contributed by atoms with Crippen molar-refractivity contribution in [2.75, 3.05) is 9.80 Å². The van der Waals surface area contributed by atoms with Crippen LogP contribution in [0.2, 0.25) is 0 Å². The molecule has 0 atom stereocenters. The monoisotopic (exact) mass is 2090 g/mol. The van der Waals surface area contributed by atoms with Gasteiger partial charge in [-0.05, 0) is 302 Å². The molecular weight excluding hydrogens is 2100 g/mol. The third-order valence-electron chi connectivity index (χ3n) is 13.8. The predicted octanol–water partition coefficient (Wildman–Crippen LogP) is 21.4. The highest BCUT2D eigenvalue weighted by Gasteiger charge is 2.47. The Morgan fingerprint density at radius 2 is 0.580 bits per heavy atom. The standard InChI is InChI=1S/C53H12Br16N4O8/c54-28-20-21(29(55)37(63)36(28)62)47(75)18(46(20)74)16-7-3-12-14(70-16)5-1-10(44(12)72-50(78)24-25(51(72)79)33(59)41(67)40(66)32(24)58)9-11-2-6-15-13(45(11)73-52(80)26-27(53(73)81)35(61)43(69)42(68)34(26)60)4-8-17(71-15)19-48(76)22-23(49(19)77)31(57)39(65)38(64)30(22)56/h1-8,74,76H,9H2. The van der Waals surface area contributed by atoms with E-state index in [9.17, 15) is 19.8 Å². The van der Waals surface area contributed by atoms with Gasteiger partial charge >= 0.3 is 0 Å². The number of hydrogen-bond donors (Lipinski definition) is 2. The van der Waals surface area contributed by atoms with Gasteiger partial charge in [-0.2, -0.15) is 0 Å². The van der Waals surface area contributed by atoms with Gasteiger partial charge in [0.1, 0.15) is 11.5 Å². The highest BCUT2D eigenvalue weighted by molar-refractivity contribution is 9.17. The van der Waals surface area contributed by atoms with Crippen LogP contribution >= 0.6 is 255 Å². The summed E-state index contributed by atoms with van der Waals surface area (Å²) in [5, 5.41) is 24.1. The number of ketones is 2. The number of halogens is 16. The zero-order chi connectivity index (χ0) is 58.3. The lowest BCUT2D eigenvalue weighted by Gasteiger charge is -2.24. The molecule has 0 radical (unpaired) electrons. The molecule has 4 aliphatic rings. The number of hydrogen-bond acceptors (Lipinski definition) is 10. The Balaban J connectivity index is 1.08. The number of fused-ring (bicyclic) bond motifs is 6. The quantitative estimate of drug-likeness (QED) is 0.0926. The lowest BCUT2D eigenvalue weighted by molar-refractivity contribution is 0.0910. The molecular formula is C53H12Br16N4O8. The first-order valence-electron chi connectivity index (χ1n) is 22.3. The lowest BCUT2D eigenvalue weighted by atomic mass is 9.95. The number of carbonyl (C=O) groups is 6. The van der Waals surface area contributed by atoms with E-state index in [1.807, 2.05) is 0 Å². The molecule has 12 nitrogen and oxygen atoms in total. The largest absolute Gasteiger partial charge is 0.506 e. The highest BCUT2D eigenvalue weighted by atomic mass is 79.9. The molecule has 4 amide bonds. The zero-order valence-corrected chi connectivity index (χ0v) is 63.9. The summed E-state index contributed by atoms with van der Waals surface area (Å²) in [6.07, 6.45) is -0.163. The second-order valence-electron chi connectivity index (χ2n) is 17.9. The molecule has 28 heteroatoms. The zero-order valence-electron chi connectivity index (χ0n) is 38.5. The second kappa shape index (κ2) is 21.7. The Morgan fingerprint density at radius 3 is 0.864 bits per heavy atom. The van der Waals surface area contributed by atoms with Crippen molar-refractivity contribution < 1.29 is 39.0 Å². The number of Topliss-reactive ketones (excluding diaryl/α,β-unsaturated/α-hetero) is 2. The van der Waals surface area contributed by atoms with Crippen molar-refractivity contribution in [1.82, 2.24) is 9.97 Å². The Bertz CT molecular complexity index is 4260. The number of rotatable bonds is 6. The van der Waals surface area contributed by atoms with E-state index < -0.39 is 35.2 Å². The van der Waals surface area contributed by atoms with Gasteiger partial charge in [0.05, 0.1) is 78.3 Å². The first kappa shape index (κ1) is 59.8. The smallest absolute Gasteiger partial charge is 0.267 e. The van der Waals surface area contributed by atoms with Gasteiger partial charge in [-0.25, -0.2) is 19.8 Å². The molecule has 2 aromatic heterocycles. The maximum atomic E-state index is 15.1. The first-order valence-corrected chi connectivity index (χ1v) is 35.0. The fraction of sp³-hybridized carbons (Fsp3) is 0.0189. The summed E-state index contributed by atoms with van der Waals surface area (Å²) >= 11 is 56.4. The van der Waals surface area contributed by atoms with Gasteiger partial charge in [-0.3, -0.25) is 28.8 Å². The normalized spacial score (nSPS) is 14.8. The summed E-state index contributed by atoms with van der Waals surface area (Å²) in [4.78, 5) is 101. The van der Waals surface area contributed by atoms with Crippen LogP contribution in [0, 0.1) is 0 Å². The number of aromatic nitrogens is 2. The third-order valence-corrected chi connectivity index (χ3v) is 32.9. The van der Waals surface area contributed by atoms with E-state index in [0.29, 0.717) is 82.7 Å². The van der Waals surface area contributed by atoms with Crippen LogP contribution in [0.3, 0.4) is 0 Å². The van der Waals surface area contributed by atoms with Gasteiger partial charge in [-0.1, -0.05) is 12.1 Å². The van der Waals surface area contributed by atoms with Gasteiger partial charge in [0.15, 0.2) is 0 Å². The van der Waals surface area contributed by atoms with E-state index in [4.69, 9.17) is 9.97 Å². The molecule has 0 spiro atoms. The van der Waals surface area contributed by atoms with E-state index in [-0.39, 0.29) is 118 Å². The molecule has 0 unspecified atom stereocenters. The fourth-order valence-electron chi connectivity index (χ4n) is 10.2. The average molecular weight is 2110 g/mol. The number of benzene rings is 6. The summed E-state index contributed by atoms with van der Waals surface area (Å²) in [6.45, 7) is 0. The van der Waals surface area contributed by atoms with Crippen molar-refractivity contribution in [3.63, 3.8) is 0 Å². The van der Waals surface area contributed by atoms with Crippen molar-refractivity contribution in [2.24, 2.45) is 0 Å². The maximum Gasteiger partial charge on any atom is 0.267 e. The molecule has 0 saturated heterocycles. The molecule has 0 bridgehead atoms. The van der Waals surface area contributed by atoms with Crippen molar-refractivity contribution in [1.29, 1.82) is 0 Å².